The van der Waals surface area contributed by atoms with Gasteiger partial charge < -0.3 is 4.90 Å². The molecule has 2 aromatic carbocycles. The van der Waals surface area contributed by atoms with E-state index in [1.54, 1.807) is 0 Å². The van der Waals surface area contributed by atoms with Crippen LogP contribution in [0.4, 0.5) is 0 Å². The van der Waals surface area contributed by atoms with Gasteiger partial charge in [-0.2, -0.15) is 0 Å². The second-order valence-electron chi connectivity index (χ2n) is 8.44. The molecule has 0 aromatic heterocycles. The molecule has 2 aromatic rings. The maximum Gasteiger partial charge on any atom is 0.239 e. The van der Waals surface area contributed by atoms with E-state index in [1.165, 1.54) is 11.1 Å². The zero-order chi connectivity index (χ0) is 19.3. The van der Waals surface area contributed by atoms with Crippen molar-refractivity contribution >= 4 is 5.91 Å². The van der Waals surface area contributed by atoms with Gasteiger partial charge in [-0.25, -0.2) is 0 Å². The normalized spacial score (nSPS) is 22.3. The fraction of sp³-hybridized carbons (Fsp3) is 0.480. The number of benzene rings is 2. The highest BCUT2D eigenvalue weighted by Crippen LogP contribution is 2.31. The quantitative estimate of drug-likeness (QED) is 0.756. The van der Waals surface area contributed by atoms with E-state index in [0.29, 0.717) is 17.9 Å². The summed E-state index contributed by atoms with van der Waals surface area (Å²) >= 11 is 0. The Balaban J connectivity index is 1.34. The molecule has 2 saturated heterocycles. The highest BCUT2D eigenvalue weighted by atomic mass is 16.2. The maximum absolute atomic E-state index is 13.3. The van der Waals surface area contributed by atoms with Crippen LogP contribution < -0.4 is 0 Å². The molecule has 2 atom stereocenters. The molecule has 0 spiro atoms. The van der Waals surface area contributed by atoms with Crippen LogP contribution in [0.5, 0.6) is 0 Å². The lowest BCUT2D eigenvalue weighted by molar-refractivity contribution is -0.138. The number of carbonyl (C=O) groups excluding carboxylic acids is 1. The first kappa shape index (κ1) is 19.2. The summed E-state index contributed by atoms with van der Waals surface area (Å²) in [5.74, 6) is 1.06. The molecule has 2 fully saturated rings. The Bertz CT molecular complexity index is 753. The Kier molecular flexibility index (Phi) is 6.11. The average Bonchev–Trinajstić information content (AvgIpc) is 3.24. The van der Waals surface area contributed by atoms with Gasteiger partial charge in [-0.3, -0.25) is 9.69 Å². The van der Waals surface area contributed by atoms with Crippen LogP contribution in [0, 0.1) is 5.92 Å². The van der Waals surface area contributed by atoms with Gasteiger partial charge in [-0.1, -0.05) is 60.7 Å². The highest BCUT2D eigenvalue weighted by Gasteiger charge is 2.37. The minimum atomic E-state index is 0.0564. The van der Waals surface area contributed by atoms with Crippen LogP contribution in [0.15, 0.2) is 60.7 Å². The average molecular weight is 377 g/mol. The zero-order valence-electron chi connectivity index (χ0n) is 17.0. The third-order valence-corrected chi connectivity index (χ3v) is 6.65. The van der Waals surface area contributed by atoms with Gasteiger partial charge >= 0.3 is 0 Å². The number of hydrogen-bond donors (Lipinski definition) is 0. The predicted octanol–water partition coefficient (Wildman–Crippen LogP) is 4.69. The first-order chi connectivity index (χ1) is 13.7. The predicted molar refractivity (Wildman–Crippen MR) is 114 cm³/mol. The second-order valence-corrected chi connectivity index (χ2v) is 8.44. The molecule has 28 heavy (non-hydrogen) atoms. The molecule has 0 N–H and O–H groups in total. The minimum Gasteiger partial charge on any atom is -0.341 e. The third kappa shape index (κ3) is 4.30. The summed E-state index contributed by atoms with van der Waals surface area (Å²) in [5.41, 5.74) is 2.73. The molecule has 148 valence electrons. The molecule has 3 nitrogen and oxygen atoms in total. The first-order valence-corrected chi connectivity index (χ1v) is 10.9. The number of nitrogens with zero attached hydrogens (tertiary/aromatic N) is 2. The van der Waals surface area contributed by atoms with Gasteiger partial charge in [-0.15, -0.1) is 0 Å². The van der Waals surface area contributed by atoms with Crippen molar-refractivity contribution in [3.63, 3.8) is 0 Å². The van der Waals surface area contributed by atoms with Crippen LogP contribution in [0.25, 0.3) is 0 Å². The zero-order valence-corrected chi connectivity index (χ0v) is 17.0. The van der Waals surface area contributed by atoms with E-state index >= 15 is 0 Å². The lowest BCUT2D eigenvalue weighted by atomic mass is 9.90. The monoisotopic (exact) mass is 376 g/mol. The summed E-state index contributed by atoms with van der Waals surface area (Å²) in [6, 6.07) is 21.7. The van der Waals surface area contributed by atoms with Crippen molar-refractivity contribution in [2.45, 2.75) is 51.1 Å². The molecule has 3 heteroatoms. The van der Waals surface area contributed by atoms with Crippen molar-refractivity contribution in [2.75, 3.05) is 19.6 Å². The van der Waals surface area contributed by atoms with E-state index in [2.05, 4.69) is 77.4 Å². The Morgan fingerprint density at radius 3 is 2.25 bits per heavy atom. The van der Waals surface area contributed by atoms with Crippen molar-refractivity contribution in [2.24, 2.45) is 5.92 Å². The molecular formula is C25H32N2O. The Hall–Kier alpha value is -2.13. The molecule has 4 rings (SSSR count). The molecule has 2 heterocycles. The smallest absolute Gasteiger partial charge is 0.239 e. The molecule has 0 aliphatic carbocycles. The summed E-state index contributed by atoms with van der Waals surface area (Å²) in [6.07, 6.45) is 5.52. The molecule has 0 bridgehead atoms. The number of piperidine rings is 1. The van der Waals surface area contributed by atoms with Crippen LogP contribution >= 0.6 is 0 Å². The van der Waals surface area contributed by atoms with Crippen molar-refractivity contribution in [1.82, 2.24) is 9.80 Å². The molecule has 2 aliphatic rings. The number of hydrogen-bond acceptors (Lipinski definition) is 2. The van der Waals surface area contributed by atoms with E-state index in [0.717, 1.165) is 51.7 Å². The van der Waals surface area contributed by atoms with Crippen LogP contribution in [0.1, 0.15) is 49.8 Å². The van der Waals surface area contributed by atoms with Crippen LogP contribution in [-0.4, -0.2) is 41.4 Å². The van der Waals surface area contributed by atoms with Crippen molar-refractivity contribution in [3.8, 4) is 0 Å². The summed E-state index contributed by atoms with van der Waals surface area (Å²) in [6.45, 7) is 5.10. The van der Waals surface area contributed by atoms with Crippen molar-refractivity contribution < 1.29 is 4.79 Å². The molecule has 0 radical (unpaired) electrons. The summed E-state index contributed by atoms with van der Waals surface area (Å²) in [4.78, 5) is 17.9. The first-order valence-electron chi connectivity index (χ1n) is 10.9. The van der Waals surface area contributed by atoms with E-state index in [9.17, 15) is 4.79 Å². The number of rotatable bonds is 5. The van der Waals surface area contributed by atoms with Gasteiger partial charge in [0.1, 0.15) is 0 Å². The Morgan fingerprint density at radius 1 is 0.929 bits per heavy atom. The fourth-order valence-electron chi connectivity index (χ4n) is 4.96. The van der Waals surface area contributed by atoms with E-state index < -0.39 is 0 Å². The summed E-state index contributed by atoms with van der Waals surface area (Å²) in [5, 5.41) is 0. The van der Waals surface area contributed by atoms with Gasteiger partial charge in [0.15, 0.2) is 0 Å². The van der Waals surface area contributed by atoms with Gasteiger partial charge in [0.25, 0.3) is 0 Å². The number of likely N-dealkylation sites (tertiary alicyclic amines) is 2. The molecular weight excluding hydrogens is 344 g/mol. The highest BCUT2D eigenvalue weighted by molar-refractivity contribution is 5.82. The largest absolute Gasteiger partial charge is 0.341 e. The maximum atomic E-state index is 13.3. The topological polar surface area (TPSA) is 23.6 Å². The van der Waals surface area contributed by atoms with E-state index in [-0.39, 0.29) is 6.04 Å². The minimum absolute atomic E-state index is 0.0564. The van der Waals surface area contributed by atoms with Gasteiger partial charge in [0, 0.05) is 19.1 Å². The standard InChI is InChI=1S/C25H32N2O/c1-20(23-11-6-3-7-12-23)27-16-8-13-24(27)25(28)26-17-14-22(15-18-26)19-21-9-4-2-5-10-21/h2-7,9-12,20,22,24H,8,13-19H2,1H3/t20?,24-/m0/s1. The van der Waals surface area contributed by atoms with Crippen LogP contribution in [0.3, 0.4) is 0 Å². The van der Waals surface area contributed by atoms with Crippen LogP contribution in [-0.2, 0) is 11.2 Å². The van der Waals surface area contributed by atoms with E-state index in [4.69, 9.17) is 0 Å². The van der Waals surface area contributed by atoms with Crippen molar-refractivity contribution in [1.29, 1.82) is 0 Å². The number of amides is 1. The molecule has 0 saturated carbocycles. The third-order valence-electron chi connectivity index (χ3n) is 6.65. The SMILES string of the molecule is CC(c1ccccc1)N1CCC[C@H]1C(=O)N1CCC(Cc2ccccc2)CC1. The van der Waals surface area contributed by atoms with Gasteiger partial charge in [0.2, 0.25) is 5.91 Å². The fourth-order valence-corrected chi connectivity index (χ4v) is 4.96. The van der Waals surface area contributed by atoms with E-state index in [1.807, 2.05) is 0 Å². The Labute approximate surface area is 169 Å². The molecule has 2 aliphatic heterocycles. The van der Waals surface area contributed by atoms with Crippen LogP contribution in [0.2, 0.25) is 0 Å². The van der Waals surface area contributed by atoms with Crippen molar-refractivity contribution in [3.05, 3.63) is 71.8 Å². The summed E-state index contributed by atoms with van der Waals surface area (Å²) in [7, 11) is 0. The number of carbonyl (C=O) groups is 1. The Morgan fingerprint density at radius 2 is 1.57 bits per heavy atom. The molecule has 1 amide bonds. The lowest BCUT2D eigenvalue weighted by Crippen LogP contribution is -2.49. The van der Waals surface area contributed by atoms with Gasteiger partial charge in [-0.05, 0) is 62.6 Å². The molecule has 1 unspecified atom stereocenters. The lowest BCUT2D eigenvalue weighted by Gasteiger charge is -2.37. The summed E-state index contributed by atoms with van der Waals surface area (Å²) < 4.78 is 0. The van der Waals surface area contributed by atoms with Gasteiger partial charge in [0.05, 0.1) is 6.04 Å². The second kappa shape index (κ2) is 8.91.